The van der Waals surface area contributed by atoms with Crippen molar-refractivity contribution in [2.45, 2.75) is 25.7 Å². The van der Waals surface area contributed by atoms with Gasteiger partial charge in [-0.3, -0.25) is 0 Å². The third kappa shape index (κ3) is 2.67. The van der Waals surface area contributed by atoms with E-state index < -0.39 is 0 Å². The molecule has 0 spiro atoms. The molecule has 0 aromatic rings. The maximum Gasteiger partial charge on any atom is -0.00200 e. The Morgan fingerprint density at radius 1 is 1.40 bits per heavy atom. The number of nitrogens with one attached hydrogen (secondary N) is 1. The van der Waals surface area contributed by atoms with Gasteiger partial charge in [0.2, 0.25) is 0 Å². The van der Waals surface area contributed by atoms with Gasteiger partial charge < -0.3 is 11.1 Å². The molecule has 1 saturated heterocycles. The summed E-state index contributed by atoms with van der Waals surface area (Å²) in [6.07, 6.45) is 5.32. The van der Waals surface area contributed by atoms with Crippen LogP contribution in [0, 0.1) is 5.92 Å². The second-order valence-corrected chi connectivity index (χ2v) is 3.14. The van der Waals surface area contributed by atoms with Crippen molar-refractivity contribution in [3.05, 3.63) is 0 Å². The second kappa shape index (κ2) is 4.69. The molecule has 1 unspecified atom stereocenters. The Kier molecular flexibility index (Phi) is 3.76. The van der Waals surface area contributed by atoms with Crippen LogP contribution in [0.3, 0.4) is 0 Å². The highest BCUT2D eigenvalue weighted by molar-refractivity contribution is 4.67. The Morgan fingerprint density at radius 3 is 3.10 bits per heavy atom. The fraction of sp³-hybridized carbons (Fsp3) is 1.00. The highest BCUT2D eigenvalue weighted by atomic mass is 14.9. The summed E-state index contributed by atoms with van der Waals surface area (Å²) in [5, 5.41) is 3.43. The molecule has 2 nitrogen and oxygen atoms in total. The highest BCUT2D eigenvalue weighted by Crippen LogP contribution is 2.13. The molecule has 0 saturated carbocycles. The zero-order valence-electron chi connectivity index (χ0n) is 6.60. The third-order valence-electron chi connectivity index (χ3n) is 2.22. The van der Waals surface area contributed by atoms with Gasteiger partial charge in [-0.25, -0.2) is 0 Å². The summed E-state index contributed by atoms with van der Waals surface area (Å²) in [6.45, 7) is 3.25. The lowest BCUT2D eigenvalue weighted by molar-refractivity contribution is 0.452. The van der Waals surface area contributed by atoms with Crippen LogP contribution in [0.25, 0.3) is 0 Å². The fourth-order valence-electron chi connectivity index (χ4n) is 1.57. The molecule has 1 heterocycles. The van der Waals surface area contributed by atoms with Crippen molar-refractivity contribution in [3.8, 4) is 0 Å². The zero-order chi connectivity index (χ0) is 7.23. The molecule has 0 aromatic heterocycles. The highest BCUT2D eigenvalue weighted by Gasteiger charge is 2.09. The first-order chi connectivity index (χ1) is 4.93. The van der Waals surface area contributed by atoms with Crippen molar-refractivity contribution in [3.63, 3.8) is 0 Å². The molecule has 2 heteroatoms. The van der Waals surface area contributed by atoms with Crippen molar-refractivity contribution < 1.29 is 0 Å². The van der Waals surface area contributed by atoms with Gasteiger partial charge in [0.05, 0.1) is 0 Å². The topological polar surface area (TPSA) is 38.0 Å². The Hall–Kier alpha value is -0.0800. The smallest absolute Gasteiger partial charge is 0.00200 e. The molecule has 0 aliphatic carbocycles. The molecule has 1 aliphatic heterocycles. The molecule has 3 N–H and O–H groups in total. The second-order valence-electron chi connectivity index (χ2n) is 3.14. The van der Waals surface area contributed by atoms with E-state index in [1.807, 2.05) is 0 Å². The summed E-state index contributed by atoms with van der Waals surface area (Å²) >= 11 is 0. The predicted octanol–water partition coefficient (Wildman–Crippen LogP) is 0.725. The quantitative estimate of drug-likeness (QED) is 0.596. The van der Waals surface area contributed by atoms with Crippen LogP contribution in [0.5, 0.6) is 0 Å². The van der Waals surface area contributed by atoms with Gasteiger partial charge in [-0.2, -0.15) is 0 Å². The van der Waals surface area contributed by atoms with E-state index in [1.165, 1.54) is 38.8 Å². The average molecular weight is 142 g/mol. The Labute approximate surface area is 63.2 Å². The molecule has 1 fully saturated rings. The number of hydrogen-bond acceptors (Lipinski definition) is 2. The monoisotopic (exact) mass is 142 g/mol. The van der Waals surface area contributed by atoms with E-state index in [0.717, 1.165) is 12.5 Å². The summed E-state index contributed by atoms with van der Waals surface area (Å²) in [4.78, 5) is 0. The average Bonchev–Trinajstić information content (AvgIpc) is 2.17. The van der Waals surface area contributed by atoms with E-state index in [-0.39, 0.29) is 0 Å². The van der Waals surface area contributed by atoms with Crippen molar-refractivity contribution >= 4 is 0 Å². The summed E-state index contributed by atoms with van der Waals surface area (Å²) in [7, 11) is 0. The zero-order valence-corrected chi connectivity index (χ0v) is 6.60. The maximum atomic E-state index is 5.48. The van der Waals surface area contributed by atoms with Crippen LogP contribution < -0.4 is 11.1 Å². The van der Waals surface area contributed by atoms with Crippen molar-refractivity contribution in [2.24, 2.45) is 11.7 Å². The Balaban J connectivity index is 2.15. The standard InChI is InChI=1S/C8H18N2/c9-5-4-8-3-1-2-6-10-7-8/h8,10H,1-7,9H2. The molecular weight excluding hydrogens is 124 g/mol. The summed E-state index contributed by atoms with van der Waals surface area (Å²) < 4.78 is 0. The summed E-state index contributed by atoms with van der Waals surface area (Å²) in [5.74, 6) is 0.854. The van der Waals surface area contributed by atoms with Gasteiger partial charge in [-0.15, -0.1) is 0 Å². The fourth-order valence-corrected chi connectivity index (χ4v) is 1.57. The molecule has 60 valence electrons. The third-order valence-corrected chi connectivity index (χ3v) is 2.22. The van der Waals surface area contributed by atoms with Crippen LogP contribution in [0.4, 0.5) is 0 Å². The lowest BCUT2D eigenvalue weighted by Crippen LogP contribution is -2.22. The van der Waals surface area contributed by atoms with Gasteiger partial charge in [0.25, 0.3) is 0 Å². The minimum Gasteiger partial charge on any atom is -0.330 e. The van der Waals surface area contributed by atoms with Crippen LogP contribution >= 0.6 is 0 Å². The number of rotatable bonds is 2. The summed E-state index contributed by atoms with van der Waals surface area (Å²) in [6, 6.07) is 0. The van der Waals surface area contributed by atoms with E-state index in [2.05, 4.69) is 5.32 Å². The van der Waals surface area contributed by atoms with E-state index in [1.54, 1.807) is 0 Å². The molecule has 0 aromatic carbocycles. The molecule has 1 rings (SSSR count). The SMILES string of the molecule is NCCC1CCCCNC1. The molecule has 1 atom stereocenters. The van der Waals surface area contributed by atoms with Crippen molar-refractivity contribution in [2.75, 3.05) is 19.6 Å². The Bertz CT molecular complexity index is 75.3. The lowest BCUT2D eigenvalue weighted by Gasteiger charge is -2.11. The van der Waals surface area contributed by atoms with Crippen LogP contribution in [0.1, 0.15) is 25.7 Å². The molecule has 0 amide bonds. The normalized spacial score (nSPS) is 27.9. The van der Waals surface area contributed by atoms with E-state index >= 15 is 0 Å². The van der Waals surface area contributed by atoms with Gasteiger partial charge in [0.1, 0.15) is 0 Å². The van der Waals surface area contributed by atoms with Crippen molar-refractivity contribution in [1.29, 1.82) is 0 Å². The number of nitrogens with two attached hydrogens (primary N) is 1. The molecule has 0 bridgehead atoms. The van der Waals surface area contributed by atoms with E-state index in [4.69, 9.17) is 5.73 Å². The molecule has 10 heavy (non-hydrogen) atoms. The van der Waals surface area contributed by atoms with Crippen LogP contribution in [0.2, 0.25) is 0 Å². The summed E-state index contributed by atoms with van der Waals surface area (Å²) in [5.41, 5.74) is 5.48. The van der Waals surface area contributed by atoms with Crippen molar-refractivity contribution in [1.82, 2.24) is 5.32 Å². The van der Waals surface area contributed by atoms with Crippen LogP contribution in [-0.2, 0) is 0 Å². The van der Waals surface area contributed by atoms with E-state index in [9.17, 15) is 0 Å². The van der Waals surface area contributed by atoms with Crippen LogP contribution in [-0.4, -0.2) is 19.6 Å². The van der Waals surface area contributed by atoms with Gasteiger partial charge in [-0.1, -0.05) is 6.42 Å². The molecule has 0 radical (unpaired) electrons. The van der Waals surface area contributed by atoms with Gasteiger partial charge in [-0.05, 0) is 44.8 Å². The predicted molar refractivity (Wildman–Crippen MR) is 43.9 cm³/mol. The number of hydrogen-bond donors (Lipinski definition) is 2. The minimum atomic E-state index is 0.854. The first-order valence-electron chi connectivity index (χ1n) is 4.34. The molecular formula is C8H18N2. The lowest BCUT2D eigenvalue weighted by atomic mass is 10.0. The Morgan fingerprint density at radius 2 is 2.30 bits per heavy atom. The van der Waals surface area contributed by atoms with Gasteiger partial charge in [0, 0.05) is 0 Å². The van der Waals surface area contributed by atoms with E-state index in [0.29, 0.717) is 0 Å². The van der Waals surface area contributed by atoms with Gasteiger partial charge in [0.15, 0.2) is 0 Å². The minimum absolute atomic E-state index is 0.854. The largest absolute Gasteiger partial charge is 0.330 e. The molecule has 1 aliphatic rings. The van der Waals surface area contributed by atoms with Gasteiger partial charge >= 0.3 is 0 Å². The van der Waals surface area contributed by atoms with Crippen LogP contribution in [0.15, 0.2) is 0 Å². The first kappa shape index (κ1) is 8.02. The maximum absolute atomic E-state index is 5.48. The first-order valence-corrected chi connectivity index (χ1v) is 4.34.